The fourth-order valence-corrected chi connectivity index (χ4v) is 4.73. The lowest BCUT2D eigenvalue weighted by Crippen LogP contribution is -2.37. The number of unbranched alkanes of at least 4 members (excludes halogenated alkanes) is 1. The highest BCUT2D eigenvalue weighted by Gasteiger charge is 2.47. The minimum Gasteiger partial charge on any atom is -0.361 e. The maximum absolute atomic E-state index is 14.4. The molecule has 3 aromatic heterocycles. The number of thioether (sulfide) groups is 1. The Labute approximate surface area is 233 Å². The lowest BCUT2D eigenvalue weighted by atomic mass is 9.86. The van der Waals surface area contributed by atoms with Gasteiger partial charge < -0.3 is 4.74 Å². The van der Waals surface area contributed by atoms with Crippen LogP contribution in [0.5, 0.6) is 0 Å². The van der Waals surface area contributed by atoms with Crippen molar-refractivity contribution in [3.8, 4) is 11.5 Å². The molecule has 206 valence electrons. The van der Waals surface area contributed by atoms with E-state index in [4.69, 9.17) is 19.8 Å². The van der Waals surface area contributed by atoms with Gasteiger partial charge >= 0.3 is 0 Å². The zero-order valence-corrected chi connectivity index (χ0v) is 24.2. The summed E-state index contributed by atoms with van der Waals surface area (Å²) in [6.45, 7) is 8.68. The highest BCUT2D eigenvalue weighted by atomic mass is 32.2. The third-order valence-corrected chi connectivity index (χ3v) is 6.59. The molecule has 0 saturated heterocycles. The summed E-state index contributed by atoms with van der Waals surface area (Å²) in [5, 5.41) is 5.51. The van der Waals surface area contributed by atoms with Crippen molar-refractivity contribution in [2.24, 2.45) is 0 Å². The Kier molecular flexibility index (Phi) is 8.97. The molecular formula is C29H35FN6O2S. The van der Waals surface area contributed by atoms with E-state index in [2.05, 4.69) is 11.9 Å². The zero-order chi connectivity index (χ0) is 28.2. The van der Waals surface area contributed by atoms with Crippen LogP contribution in [0, 0.1) is 12.7 Å². The largest absolute Gasteiger partial charge is 0.361 e. The molecule has 0 aliphatic carbocycles. The molecule has 1 aliphatic heterocycles. The van der Waals surface area contributed by atoms with E-state index < -0.39 is 5.41 Å². The second kappa shape index (κ2) is 12.2. The number of carbonyl (C=O) groups is 1. The minimum atomic E-state index is -0.764. The number of halogens is 1. The van der Waals surface area contributed by atoms with Crippen molar-refractivity contribution in [1.82, 2.24) is 24.7 Å². The number of anilines is 1. The molecule has 1 aromatic carbocycles. The number of hydrogen-bond donors (Lipinski definition) is 0. The lowest BCUT2D eigenvalue weighted by molar-refractivity contribution is -0.123. The first-order valence-electron chi connectivity index (χ1n) is 13.0. The van der Waals surface area contributed by atoms with Crippen LogP contribution in [0.3, 0.4) is 0 Å². The fraction of sp³-hybridized carbons (Fsp3) is 0.414. The van der Waals surface area contributed by atoms with E-state index in [1.54, 1.807) is 45.7 Å². The van der Waals surface area contributed by atoms with Gasteiger partial charge in [-0.2, -0.15) is 16.9 Å². The van der Waals surface area contributed by atoms with Crippen molar-refractivity contribution < 1.29 is 13.9 Å². The SMILES string of the molecule is CCCCOCN1C(=O)C(C)(C)c2c(C)nc(-c3nn(Cc4ccccc4F)c4ncccc34)nc21.CSC. The van der Waals surface area contributed by atoms with E-state index in [0.29, 0.717) is 40.8 Å². The van der Waals surface area contributed by atoms with Crippen molar-refractivity contribution in [3.63, 3.8) is 0 Å². The van der Waals surface area contributed by atoms with E-state index in [9.17, 15) is 9.18 Å². The predicted molar refractivity (Wildman–Crippen MR) is 154 cm³/mol. The van der Waals surface area contributed by atoms with Crippen molar-refractivity contribution in [2.45, 2.75) is 52.5 Å². The number of carbonyl (C=O) groups excluding carboxylic acids is 1. The average Bonchev–Trinajstić information content (AvgIpc) is 3.36. The normalized spacial score (nSPS) is 13.9. The van der Waals surface area contributed by atoms with Gasteiger partial charge in [-0.15, -0.1) is 0 Å². The van der Waals surface area contributed by atoms with Crippen LogP contribution in [0.1, 0.15) is 50.4 Å². The molecule has 0 N–H and O–H groups in total. The number of rotatable bonds is 8. The molecule has 39 heavy (non-hydrogen) atoms. The van der Waals surface area contributed by atoms with Crippen LogP contribution >= 0.6 is 11.8 Å². The van der Waals surface area contributed by atoms with Crippen LogP contribution in [-0.4, -0.2) is 56.5 Å². The van der Waals surface area contributed by atoms with Crippen molar-refractivity contribution >= 4 is 34.5 Å². The Morgan fingerprint density at radius 2 is 1.85 bits per heavy atom. The molecule has 0 radical (unpaired) electrons. The summed E-state index contributed by atoms with van der Waals surface area (Å²) in [5.74, 6) is 0.563. The summed E-state index contributed by atoms with van der Waals surface area (Å²) in [6.07, 6.45) is 7.69. The first kappa shape index (κ1) is 28.6. The molecule has 0 saturated carbocycles. The molecule has 0 fully saturated rings. The highest BCUT2D eigenvalue weighted by Crippen LogP contribution is 2.43. The lowest BCUT2D eigenvalue weighted by Gasteiger charge is -2.19. The second-order valence-corrected chi connectivity index (χ2v) is 10.8. The van der Waals surface area contributed by atoms with Gasteiger partial charge in [-0.3, -0.25) is 9.69 Å². The van der Waals surface area contributed by atoms with Crippen LogP contribution < -0.4 is 4.90 Å². The summed E-state index contributed by atoms with van der Waals surface area (Å²) < 4.78 is 21.8. The Morgan fingerprint density at radius 3 is 2.56 bits per heavy atom. The summed E-state index contributed by atoms with van der Waals surface area (Å²) in [6, 6.07) is 10.3. The van der Waals surface area contributed by atoms with Gasteiger partial charge in [0.05, 0.1) is 17.3 Å². The third kappa shape index (κ3) is 5.67. The Morgan fingerprint density at radius 1 is 1.10 bits per heavy atom. The predicted octanol–water partition coefficient (Wildman–Crippen LogP) is 5.76. The van der Waals surface area contributed by atoms with Crippen molar-refractivity contribution in [2.75, 3.05) is 30.7 Å². The Balaban J connectivity index is 0.00000112. The van der Waals surface area contributed by atoms with Crippen molar-refractivity contribution in [1.29, 1.82) is 0 Å². The molecule has 4 heterocycles. The number of amides is 1. The van der Waals surface area contributed by atoms with Crippen LogP contribution in [0.4, 0.5) is 10.2 Å². The quantitative estimate of drug-likeness (QED) is 0.258. The number of nitrogens with zero attached hydrogens (tertiary/aromatic N) is 6. The number of aromatic nitrogens is 5. The van der Waals surface area contributed by atoms with Crippen LogP contribution in [0.25, 0.3) is 22.6 Å². The van der Waals surface area contributed by atoms with E-state index in [0.717, 1.165) is 23.8 Å². The van der Waals surface area contributed by atoms with Gasteiger partial charge in [0.2, 0.25) is 5.91 Å². The first-order valence-corrected chi connectivity index (χ1v) is 14.6. The van der Waals surface area contributed by atoms with E-state index in [1.165, 1.54) is 6.07 Å². The molecule has 0 atom stereocenters. The number of ether oxygens (including phenoxy) is 1. The molecule has 0 unspecified atom stereocenters. The van der Waals surface area contributed by atoms with Gasteiger partial charge in [-0.25, -0.2) is 24.0 Å². The van der Waals surface area contributed by atoms with Gasteiger partial charge in [0.25, 0.3) is 0 Å². The number of hydrogen-bond acceptors (Lipinski definition) is 7. The first-order chi connectivity index (χ1) is 18.7. The average molecular weight is 551 g/mol. The summed E-state index contributed by atoms with van der Waals surface area (Å²) >= 11 is 1.75. The van der Waals surface area contributed by atoms with Crippen LogP contribution in [0.2, 0.25) is 0 Å². The number of fused-ring (bicyclic) bond motifs is 2. The monoisotopic (exact) mass is 550 g/mol. The van der Waals surface area contributed by atoms with Gasteiger partial charge in [0.15, 0.2) is 11.5 Å². The topological polar surface area (TPSA) is 86.0 Å². The molecular weight excluding hydrogens is 515 g/mol. The van der Waals surface area contributed by atoms with E-state index in [-0.39, 0.29) is 25.0 Å². The summed E-state index contributed by atoms with van der Waals surface area (Å²) in [7, 11) is 0. The standard InChI is InChI=1S/C27H29FN6O2.C2H6S/c1-5-6-14-36-16-33-25-21(27(3,4)26(33)35)17(2)30-23(31-25)22-19-11-9-13-29-24(19)34(32-22)15-18-10-7-8-12-20(18)28;1-3-2/h7-13H,5-6,14-16H2,1-4H3;1-2H3. The fourth-order valence-electron chi connectivity index (χ4n) is 4.73. The molecule has 1 amide bonds. The van der Waals surface area contributed by atoms with Crippen LogP contribution in [-0.2, 0) is 21.5 Å². The number of pyridine rings is 1. The van der Waals surface area contributed by atoms with Crippen LogP contribution in [0.15, 0.2) is 42.6 Å². The second-order valence-electron chi connectivity index (χ2n) is 9.96. The summed E-state index contributed by atoms with van der Waals surface area (Å²) in [4.78, 5) is 29.0. The van der Waals surface area contributed by atoms with E-state index in [1.807, 2.05) is 45.4 Å². The molecule has 5 rings (SSSR count). The van der Waals surface area contributed by atoms with Gasteiger partial charge in [-0.05, 0) is 57.9 Å². The number of aryl methyl sites for hydroxylation is 1. The molecule has 0 bridgehead atoms. The molecule has 8 nitrogen and oxygen atoms in total. The molecule has 10 heteroatoms. The van der Waals surface area contributed by atoms with E-state index >= 15 is 0 Å². The maximum Gasteiger partial charge on any atom is 0.240 e. The Bertz CT molecular complexity index is 1470. The van der Waals surface area contributed by atoms with Gasteiger partial charge in [0, 0.05) is 29.6 Å². The summed E-state index contributed by atoms with van der Waals surface area (Å²) in [5.41, 5.74) is 2.39. The third-order valence-electron chi connectivity index (χ3n) is 6.59. The van der Waals surface area contributed by atoms with Gasteiger partial charge in [0.1, 0.15) is 24.1 Å². The smallest absolute Gasteiger partial charge is 0.240 e. The minimum absolute atomic E-state index is 0.0693. The molecule has 1 aliphatic rings. The molecule has 0 spiro atoms. The Hall–Kier alpha value is -3.37. The number of benzene rings is 1. The zero-order valence-electron chi connectivity index (χ0n) is 23.4. The molecule has 4 aromatic rings. The van der Waals surface area contributed by atoms with Crippen molar-refractivity contribution in [3.05, 3.63) is 65.2 Å². The maximum atomic E-state index is 14.4. The highest BCUT2D eigenvalue weighted by molar-refractivity contribution is 7.97. The van der Waals surface area contributed by atoms with Gasteiger partial charge in [-0.1, -0.05) is 31.5 Å².